The highest BCUT2D eigenvalue weighted by atomic mass is 32.2. The Kier molecular flexibility index (Phi) is 5.45. The molecule has 9 heteroatoms. The Morgan fingerprint density at radius 3 is 2.86 bits per heavy atom. The number of aromatic nitrogens is 4. The van der Waals surface area contributed by atoms with Crippen LogP contribution in [0.4, 0.5) is 0 Å². The monoisotopic (exact) mass is 414 g/mol. The fourth-order valence-electron chi connectivity index (χ4n) is 2.98. The number of carbonyl (C=O) groups is 1. The quantitative estimate of drug-likeness (QED) is 0.258. The van der Waals surface area contributed by atoms with E-state index in [4.69, 9.17) is 5.11 Å². The van der Waals surface area contributed by atoms with Gasteiger partial charge < -0.3 is 10.1 Å². The van der Waals surface area contributed by atoms with Crippen molar-refractivity contribution >= 4 is 50.3 Å². The van der Waals surface area contributed by atoms with E-state index in [9.17, 15) is 9.59 Å². The first-order chi connectivity index (χ1) is 13.6. The maximum Gasteiger partial charge on any atom is 0.303 e. The van der Waals surface area contributed by atoms with Crippen molar-refractivity contribution in [1.82, 2.24) is 19.5 Å². The molecule has 144 valence electrons. The normalized spacial score (nSPS) is 11.4. The highest BCUT2D eigenvalue weighted by Gasteiger charge is 2.14. The molecule has 2 N–H and O–H groups in total. The van der Waals surface area contributed by atoms with Crippen molar-refractivity contribution in [2.45, 2.75) is 36.7 Å². The summed E-state index contributed by atoms with van der Waals surface area (Å²) in [6.07, 6.45) is 1.24. The third-order valence-electron chi connectivity index (χ3n) is 4.33. The Balaban J connectivity index is 1.57. The molecule has 3 heterocycles. The second-order valence-corrected chi connectivity index (χ2v) is 8.18. The molecule has 0 atom stereocenters. The summed E-state index contributed by atoms with van der Waals surface area (Å²) in [5, 5.41) is 11.3. The average Bonchev–Trinajstić information content (AvgIpc) is 3.31. The summed E-state index contributed by atoms with van der Waals surface area (Å²) in [5.41, 5.74) is 2.52. The molecule has 1 aromatic carbocycles. The predicted octanol–water partition coefficient (Wildman–Crippen LogP) is 3.88. The van der Waals surface area contributed by atoms with Gasteiger partial charge in [0.05, 0.1) is 22.3 Å². The number of aliphatic carboxylic acids is 1. The summed E-state index contributed by atoms with van der Waals surface area (Å²) in [6.45, 7) is 0.454. The molecular weight excluding hydrogens is 396 g/mol. The van der Waals surface area contributed by atoms with Crippen LogP contribution in [0.5, 0.6) is 0 Å². The number of hydrogen-bond donors (Lipinski definition) is 2. The second-order valence-electron chi connectivity index (χ2n) is 6.33. The zero-order valence-electron chi connectivity index (χ0n) is 14.9. The number of hydrogen-bond acceptors (Lipinski definition) is 6. The first-order valence-corrected chi connectivity index (χ1v) is 10.7. The number of nitrogens with zero attached hydrogens (tertiary/aromatic N) is 3. The number of H-pyrrole nitrogens is 1. The fraction of sp³-hybridized carbons (Fsp3) is 0.263. The number of thiophene rings is 1. The number of thioether (sulfide) groups is 1. The van der Waals surface area contributed by atoms with Gasteiger partial charge in [-0.3, -0.25) is 14.2 Å². The van der Waals surface area contributed by atoms with Crippen LogP contribution in [0.1, 0.15) is 25.1 Å². The minimum absolute atomic E-state index is 0.0672. The van der Waals surface area contributed by atoms with Crippen LogP contribution in [0.3, 0.4) is 0 Å². The Morgan fingerprint density at radius 1 is 1.18 bits per heavy atom. The largest absolute Gasteiger partial charge is 0.481 e. The first kappa shape index (κ1) is 18.7. The molecule has 0 saturated carbocycles. The van der Waals surface area contributed by atoms with Gasteiger partial charge in [-0.05, 0) is 36.4 Å². The maximum atomic E-state index is 12.9. The van der Waals surface area contributed by atoms with Crippen LogP contribution in [-0.2, 0) is 17.1 Å². The van der Waals surface area contributed by atoms with Gasteiger partial charge in [0.2, 0.25) is 0 Å². The molecule has 0 amide bonds. The van der Waals surface area contributed by atoms with Crippen molar-refractivity contribution in [3.05, 3.63) is 51.9 Å². The zero-order chi connectivity index (χ0) is 19.5. The molecular formula is C19H18N4O3S2. The summed E-state index contributed by atoms with van der Waals surface area (Å²) in [7, 11) is 0. The summed E-state index contributed by atoms with van der Waals surface area (Å²) >= 11 is 2.84. The third kappa shape index (κ3) is 3.95. The van der Waals surface area contributed by atoms with Crippen molar-refractivity contribution in [3.8, 4) is 0 Å². The lowest BCUT2D eigenvalue weighted by atomic mass is 10.2. The molecule has 0 aliphatic carbocycles. The first-order valence-electron chi connectivity index (χ1n) is 8.88. The molecule has 0 radical (unpaired) electrons. The lowest BCUT2D eigenvalue weighted by Gasteiger charge is -2.11. The number of nitrogens with one attached hydrogen (secondary N) is 1. The van der Waals surface area contributed by atoms with E-state index >= 15 is 0 Å². The van der Waals surface area contributed by atoms with Gasteiger partial charge in [-0.2, -0.15) is 0 Å². The molecule has 4 rings (SSSR count). The topological polar surface area (TPSA) is 101 Å². The molecule has 0 spiro atoms. The number of aromatic amines is 1. The summed E-state index contributed by atoms with van der Waals surface area (Å²) in [6, 6.07) is 9.68. The highest BCUT2D eigenvalue weighted by molar-refractivity contribution is 7.98. The smallest absolute Gasteiger partial charge is 0.303 e. The number of rotatable bonds is 8. The van der Waals surface area contributed by atoms with Crippen LogP contribution >= 0.6 is 23.1 Å². The average molecular weight is 415 g/mol. The minimum Gasteiger partial charge on any atom is -0.481 e. The lowest BCUT2D eigenvalue weighted by molar-refractivity contribution is -0.137. The molecule has 4 aromatic rings. The van der Waals surface area contributed by atoms with Gasteiger partial charge in [0.25, 0.3) is 5.56 Å². The van der Waals surface area contributed by atoms with E-state index in [1.54, 1.807) is 4.57 Å². The van der Waals surface area contributed by atoms with Gasteiger partial charge in [0.1, 0.15) is 10.5 Å². The Labute approximate surface area is 168 Å². The van der Waals surface area contributed by atoms with Crippen molar-refractivity contribution < 1.29 is 9.90 Å². The minimum atomic E-state index is -0.821. The lowest BCUT2D eigenvalue weighted by Crippen LogP contribution is -2.22. The zero-order valence-corrected chi connectivity index (χ0v) is 16.6. The van der Waals surface area contributed by atoms with E-state index in [1.165, 1.54) is 23.1 Å². The highest BCUT2D eigenvalue weighted by Crippen LogP contribution is 2.24. The van der Waals surface area contributed by atoms with E-state index in [-0.39, 0.29) is 12.0 Å². The predicted molar refractivity (Wildman–Crippen MR) is 111 cm³/mol. The van der Waals surface area contributed by atoms with Gasteiger partial charge in [-0.15, -0.1) is 11.3 Å². The van der Waals surface area contributed by atoms with Crippen molar-refractivity contribution in [2.24, 2.45) is 0 Å². The molecule has 7 nitrogen and oxygen atoms in total. The van der Waals surface area contributed by atoms with Crippen LogP contribution in [0.2, 0.25) is 0 Å². The second kappa shape index (κ2) is 8.15. The van der Waals surface area contributed by atoms with Gasteiger partial charge in [-0.25, -0.2) is 9.97 Å². The van der Waals surface area contributed by atoms with E-state index in [0.717, 1.165) is 16.9 Å². The van der Waals surface area contributed by atoms with E-state index in [2.05, 4.69) is 15.0 Å². The molecule has 0 bridgehead atoms. The number of carboxylic acids is 1. The molecule has 0 unspecified atom stereocenters. The number of benzene rings is 1. The maximum absolute atomic E-state index is 12.9. The summed E-state index contributed by atoms with van der Waals surface area (Å²) in [4.78, 5) is 36.1. The summed E-state index contributed by atoms with van der Waals surface area (Å²) < 4.78 is 2.29. The Bertz CT molecular complexity index is 1160. The van der Waals surface area contributed by atoms with Gasteiger partial charge in [0.15, 0.2) is 5.16 Å². The van der Waals surface area contributed by atoms with E-state index in [0.29, 0.717) is 40.5 Å². The van der Waals surface area contributed by atoms with E-state index < -0.39 is 5.97 Å². The fourth-order valence-corrected chi connectivity index (χ4v) is 4.66. The molecule has 3 aromatic heterocycles. The van der Waals surface area contributed by atoms with Gasteiger partial charge >= 0.3 is 5.97 Å². The van der Waals surface area contributed by atoms with E-state index in [1.807, 2.05) is 35.7 Å². The molecule has 0 fully saturated rings. The van der Waals surface area contributed by atoms with Crippen LogP contribution in [0.25, 0.3) is 21.3 Å². The van der Waals surface area contributed by atoms with Crippen LogP contribution in [0, 0.1) is 0 Å². The Morgan fingerprint density at radius 2 is 2.04 bits per heavy atom. The third-order valence-corrected chi connectivity index (χ3v) is 6.21. The number of imidazole rings is 1. The molecule has 0 aliphatic rings. The van der Waals surface area contributed by atoms with Crippen molar-refractivity contribution in [1.29, 1.82) is 0 Å². The van der Waals surface area contributed by atoms with Crippen molar-refractivity contribution in [2.75, 3.05) is 0 Å². The Hall–Kier alpha value is -2.65. The van der Waals surface area contributed by atoms with Crippen LogP contribution in [0.15, 0.2) is 45.7 Å². The van der Waals surface area contributed by atoms with Crippen LogP contribution < -0.4 is 5.56 Å². The number of fused-ring (bicyclic) bond motifs is 2. The SMILES string of the molecule is O=C(O)CCCCn1c(SCc2nc3ccccc3[nH]2)nc2ccsc2c1=O. The van der Waals surface area contributed by atoms with Crippen LogP contribution in [-0.4, -0.2) is 30.6 Å². The molecule has 0 aliphatic heterocycles. The number of unbranched alkanes of at least 4 members (excludes halogenated alkanes) is 1. The van der Waals surface area contributed by atoms with Gasteiger partial charge in [0, 0.05) is 13.0 Å². The van der Waals surface area contributed by atoms with Crippen molar-refractivity contribution in [3.63, 3.8) is 0 Å². The standard InChI is InChI=1S/C19H18N4O3S2/c24-16(25)7-3-4-9-23-18(26)17-14(8-10-27-17)22-19(23)28-11-15-20-12-5-1-2-6-13(12)21-15/h1-2,5-6,8,10H,3-4,7,9,11H2,(H,20,21)(H,24,25). The number of carboxylic acid groups (broad SMARTS) is 1. The molecule has 28 heavy (non-hydrogen) atoms. The van der Waals surface area contributed by atoms with Gasteiger partial charge in [-0.1, -0.05) is 23.9 Å². The molecule has 0 saturated heterocycles. The number of para-hydroxylation sites is 2. The summed E-state index contributed by atoms with van der Waals surface area (Å²) in [5.74, 6) is 0.563.